The highest BCUT2D eigenvalue weighted by molar-refractivity contribution is 5.65. The van der Waals surface area contributed by atoms with Crippen LogP contribution >= 0.6 is 0 Å². The van der Waals surface area contributed by atoms with Gasteiger partial charge in [-0.2, -0.15) is 0 Å². The summed E-state index contributed by atoms with van der Waals surface area (Å²) in [6, 6.07) is 4.66. The summed E-state index contributed by atoms with van der Waals surface area (Å²) in [5.74, 6) is 0.443. The van der Waals surface area contributed by atoms with Gasteiger partial charge < -0.3 is 15.2 Å². The highest BCUT2D eigenvalue weighted by Gasteiger charge is 2.37. The van der Waals surface area contributed by atoms with Crippen molar-refractivity contribution in [2.45, 2.75) is 24.8 Å². The van der Waals surface area contributed by atoms with Crippen LogP contribution in [0.3, 0.4) is 0 Å². The summed E-state index contributed by atoms with van der Waals surface area (Å²) in [7, 11) is 1.47. The van der Waals surface area contributed by atoms with Gasteiger partial charge in [-0.3, -0.25) is 10.1 Å². The van der Waals surface area contributed by atoms with Crippen LogP contribution in [0.5, 0.6) is 5.75 Å². The van der Waals surface area contributed by atoms with Gasteiger partial charge in [0.05, 0.1) is 30.2 Å². The fraction of sp³-hybridized carbons (Fsp3) is 0.500. The van der Waals surface area contributed by atoms with Crippen molar-refractivity contribution in [1.29, 1.82) is 0 Å². The quantitative estimate of drug-likeness (QED) is 0.618. The number of aliphatic hydroxyl groups is 1. The van der Waals surface area contributed by atoms with Gasteiger partial charge in [-0.05, 0) is 31.4 Å². The predicted octanol–water partition coefficient (Wildman–Crippen LogP) is 1.93. The first kappa shape index (κ1) is 12.6. The lowest BCUT2D eigenvalue weighted by Crippen LogP contribution is -2.48. The molecule has 0 saturated heterocycles. The molecule has 2 rings (SSSR count). The van der Waals surface area contributed by atoms with Crippen molar-refractivity contribution >= 4 is 11.4 Å². The molecule has 0 aromatic heterocycles. The van der Waals surface area contributed by atoms with Crippen molar-refractivity contribution in [2.75, 3.05) is 19.0 Å². The van der Waals surface area contributed by atoms with Crippen LogP contribution in [0.25, 0.3) is 0 Å². The molecule has 0 radical (unpaired) electrons. The van der Waals surface area contributed by atoms with E-state index in [0.29, 0.717) is 11.4 Å². The third kappa shape index (κ3) is 2.24. The Bertz CT molecular complexity index is 452. The first-order valence-corrected chi connectivity index (χ1v) is 5.82. The van der Waals surface area contributed by atoms with Crippen LogP contribution in [0.4, 0.5) is 11.4 Å². The third-order valence-electron chi connectivity index (χ3n) is 3.41. The fourth-order valence-corrected chi connectivity index (χ4v) is 2.11. The number of ether oxygens (including phenoxy) is 1. The van der Waals surface area contributed by atoms with Crippen LogP contribution in [-0.2, 0) is 0 Å². The Morgan fingerprint density at radius 1 is 1.56 bits per heavy atom. The Kier molecular flexibility index (Phi) is 3.38. The van der Waals surface area contributed by atoms with Gasteiger partial charge in [0.1, 0.15) is 11.4 Å². The summed E-state index contributed by atoms with van der Waals surface area (Å²) < 4.78 is 4.98. The number of nitrogens with one attached hydrogen (secondary N) is 1. The van der Waals surface area contributed by atoms with Gasteiger partial charge in [0.2, 0.25) is 0 Å². The lowest BCUT2D eigenvalue weighted by atomic mass is 9.77. The summed E-state index contributed by atoms with van der Waals surface area (Å²) in [6.45, 7) is -0.0177. The minimum Gasteiger partial charge on any atom is -0.496 e. The summed E-state index contributed by atoms with van der Waals surface area (Å²) in [5.41, 5.74) is -0.0112. The van der Waals surface area contributed by atoms with Gasteiger partial charge in [0, 0.05) is 0 Å². The molecule has 0 aliphatic heterocycles. The van der Waals surface area contributed by atoms with Gasteiger partial charge >= 0.3 is 0 Å². The van der Waals surface area contributed by atoms with E-state index in [4.69, 9.17) is 4.74 Å². The summed E-state index contributed by atoms with van der Waals surface area (Å²) in [6.07, 6.45) is 2.68. The second kappa shape index (κ2) is 4.81. The van der Waals surface area contributed by atoms with E-state index in [1.54, 1.807) is 12.1 Å². The fourth-order valence-electron chi connectivity index (χ4n) is 2.11. The van der Waals surface area contributed by atoms with E-state index in [1.165, 1.54) is 13.2 Å². The molecular weight excluding hydrogens is 236 g/mol. The monoisotopic (exact) mass is 252 g/mol. The van der Waals surface area contributed by atoms with E-state index in [-0.39, 0.29) is 12.3 Å². The maximum Gasteiger partial charge on any atom is 0.296 e. The lowest BCUT2D eigenvalue weighted by Gasteiger charge is -2.41. The van der Waals surface area contributed by atoms with Crippen LogP contribution in [0.2, 0.25) is 0 Å². The van der Waals surface area contributed by atoms with Gasteiger partial charge in [-0.15, -0.1) is 0 Å². The average molecular weight is 252 g/mol. The molecule has 0 bridgehead atoms. The lowest BCUT2D eigenvalue weighted by molar-refractivity contribution is -0.384. The van der Waals surface area contributed by atoms with E-state index in [0.717, 1.165) is 19.3 Å². The Morgan fingerprint density at radius 2 is 2.28 bits per heavy atom. The number of nitro benzene ring substituents is 1. The maximum absolute atomic E-state index is 11.0. The molecule has 0 unspecified atom stereocenters. The SMILES string of the molecule is COc1ccc(NC2(CO)CCC2)c([N+](=O)[O-])c1. The van der Waals surface area contributed by atoms with Crippen LogP contribution in [0, 0.1) is 10.1 Å². The molecule has 0 amide bonds. The molecule has 0 atom stereocenters. The maximum atomic E-state index is 11.0. The van der Waals surface area contributed by atoms with Crippen molar-refractivity contribution in [3.8, 4) is 5.75 Å². The number of rotatable bonds is 5. The van der Waals surface area contributed by atoms with Crippen LogP contribution in [0.15, 0.2) is 18.2 Å². The number of anilines is 1. The minimum absolute atomic E-state index is 0.0177. The first-order chi connectivity index (χ1) is 8.60. The molecular formula is C12H16N2O4. The van der Waals surface area contributed by atoms with Crippen molar-refractivity contribution in [3.05, 3.63) is 28.3 Å². The van der Waals surface area contributed by atoms with E-state index < -0.39 is 10.5 Å². The number of benzene rings is 1. The molecule has 18 heavy (non-hydrogen) atoms. The van der Waals surface area contributed by atoms with E-state index >= 15 is 0 Å². The zero-order chi connectivity index (χ0) is 13.2. The molecule has 1 aromatic carbocycles. The Morgan fingerprint density at radius 3 is 2.72 bits per heavy atom. The molecule has 1 aliphatic carbocycles. The number of nitro groups is 1. The highest BCUT2D eigenvalue weighted by atomic mass is 16.6. The molecule has 98 valence electrons. The molecule has 0 spiro atoms. The van der Waals surface area contributed by atoms with Gasteiger partial charge in [0.15, 0.2) is 0 Å². The predicted molar refractivity (Wildman–Crippen MR) is 66.9 cm³/mol. The second-order valence-electron chi connectivity index (χ2n) is 4.56. The normalized spacial score (nSPS) is 16.8. The Hall–Kier alpha value is -1.82. The average Bonchev–Trinajstić information content (AvgIpc) is 2.33. The van der Waals surface area contributed by atoms with Crippen molar-refractivity contribution < 1.29 is 14.8 Å². The standard InChI is InChI=1S/C12H16N2O4/c1-18-9-3-4-10(11(7-9)14(16)17)13-12(8-15)5-2-6-12/h3-4,7,13,15H,2,5-6,8H2,1H3. The Labute approximate surface area is 105 Å². The molecule has 1 aliphatic rings. The summed E-state index contributed by atoms with van der Waals surface area (Å²) in [4.78, 5) is 10.6. The molecule has 1 aromatic rings. The van der Waals surface area contributed by atoms with Crippen LogP contribution < -0.4 is 10.1 Å². The Balaban J connectivity index is 2.29. The molecule has 6 heteroatoms. The third-order valence-corrected chi connectivity index (χ3v) is 3.41. The largest absolute Gasteiger partial charge is 0.496 e. The molecule has 1 saturated carbocycles. The van der Waals surface area contributed by atoms with Crippen molar-refractivity contribution in [3.63, 3.8) is 0 Å². The first-order valence-electron chi connectivity index (χ1n) is 5.82. The van der Waals surface area contributed by atoms with Crippen LogP contribution in [0.1, 0.15) is 19.3 Å². The smallest absolute Gasteiger partial charge is 0.296 e. The molecule has 6 nitrogen and oxygen atoms in total. The number of aliphatic hydroxyl groups excluding tert-OH is 1. The van der Waals surface area contributed by atoms with Crippen molar-refractivity contribution in [2.24, 2.45) is 0 Å². The summed E-state index contributed by atoms with van der Waals surface area (Å²) in [5, 5.41) is 23.5. The highest BCUT2D eigenvalue weighted by Crippen LogP contribution is 2.38. The van der Waals surface area contributed by atoms with Crippen molar-refractivity contribution in [1.82, 2.24) is 0 Å². The minimum atomic E-state index is -0.450. The van der Waals surface area contributed by atoms with Gasteiger partial charge in [0.25, 0.3) is 5.69 Å². The number of nitrogens with zero attached hydrogens (tertiary/aromatic N) is 1. The summed E-state index contributed by atoms with van der Waals surface area (Å²) >= 11 is 0. The van der Waals surface area contributed by atoms with E-state index in [1.807, 2.05) is 0 Å². The molecule has 1 fully saturated rings. The van der Waals surface area contributed by atoms with Crippen LogP contribution in [-0.4, -0.2) is 29.3 Å². The number of hydrogen-bond acceptors (Lipinski definition) is 5. The zero-order valence-electron chi connectivity index (χ0n) is 10.2. The molecule has 0 heterocycles. The zero-order valence-corrected chi connectivity index (χ0v) is 10.2. The van der Waals surface area contributed by atoms with Gasteiger partial charge in [-0.25, -0.2) is 0 Å². The van der Waals surface area contributed by atoms with E-state index in [2.05, 4.69) is 5.32 Å². The van der Waals surface area contributed by atoms with Gasteiger partial charge in [-0.1, -0.05) is 0 Å². The molecule has 2 N–H and O–H groups in total. The number of methoxy groups -OCH3 is 1. The topological polar surface area (TPSA) is 84.6 Å². The number of hydrogen-bond donors (Lipinski definition) is 2. The van der Waals surface area contributed by atoms with E-state index in [9.17, 15) is 15.2 Å². The second-order valence-corrected chi connectivity index (χ2v) is 4.56.